The van der Waals surface area contributed by atoms with E-state index in [9.17, 15) is 4.79 Å². The van der Waals surface area contributed by atoms with Gasteiger partial charge in [0.1, 0.15) is 0 Å². The van der Waals surface area contributed by atoms with E-state index in [1.165, 1.54) is 0 Å². The van der Waals surface area contributed by atoms with E-state index >= 15 is 0 Å². The van der Waals surface area contributed by atoms with E-state index in [2.05, 4.69) is 0 Å². The first-order chi connectivity index (χ1) is 5.29. The molecular formula is C7H4ClIO2. The van der Waals surface area contributed by atoms with Crippen molar-refractivity contribution in [2.45, 2.75) is 0 Å². The zero-order valence-electron chi connectivity index (χ0n) is 5.38. The van der Waals surface area contributed by atoms with E-state index < -0.39 is 19.1 Å². The fraction of sp³-hybridized carbons (Fsp3) is 0. The van der Waals surface area contributed by atoms with Crippen molar-refractivity contribution >= 4 is 34.0 Å². The second kappa shape index (κ2) is 2.64. The molecule has 1 aliphatic rings. The molecule has 0 aromatic heterocycles. The first-order valence-corrected chi connectivity index (χ1v) is 7.66. The Balaban J connectivity index is 2.60. The molecule has 1 heterocycles. The molecule has 0 unspecified atom stereocenters. The summed E-state index contributed by atoms with van der Waals surface area (Å²) in [6.45, 7) is 0. The summed E-state index contributed by atoms with van der Waals surface area (Å²) in [6.07, 6.45) is 0. The van der Waals surface area contributed by atoms with Crippen molar-refractivity contribution in [2.75, 3.05) is 0 Å². The molecule has 0 fully saturated rings. The normalized spacial score (nSPS) is 17.9. The molecule has 0 saturated heterocycles. The van der Waals surface area contributed by atoms with Gasteiger partial charge in [0.15, 0.2) is 0 Å². The average molecular weight is 282 g/mol. The number of benzene rings is 1. The summed E-state index contributed by atoms with van der Waals surface area (Å²) in [5.74, 6) is -0.263. The fourth-order valence-electron chi connectivity index (χ4n) is 0.901. The van der Waals surface area contributed by atoms with Crippen molar-refractivity contribution in [3.63, 3.8) is 0 Å². The first-order valence-electron chi connectivity index (χ1n) is 2.97. The summed E-state index contributed by atoms with van der Waals surface area (Å²) in [4.78, 5) is 11.0. The average Bonchev–Trinajstić information content (AvgIpc) is 2.30. The van der Waals surface area contributed by atoms with E-state index in [4.69, 9.17) is 12.0 Å². The van der Waals surface area contributed by atoms with Crippen molar-refractivity contribution in [1.29, 1.82) is 0 Å². The molecule has 0 aliphatic carbocycles. The summed E-state index contributed by atoms with van der Waals surface area (Å²) >= 11 is -2.05. The van der Waals surface area contributed by atoms with Crippen LogP contribution in [0.25, 0.3) is 0 Å². The van der Waals surface area contributed by atoms with Gasteiger partial charge in [0.05, 0.1) is 0 Å². The quantitative estimate of drug-likeness (QED) is 0.684. The summed E-state index contributed by atoms with van der Waals surface area (Å²) in [7, 11) is 5.85. The predicted molar refractivity (Wildman–Crippen MR) is 50.4 cm³/mol. The van der Waals surface area contributed by atoms with E-state index in [0.29, 0.717) is 5.56 Å². The van der Waals surface area contributed by atoms with Crippen molar-refractivity contribution in [3.05, 3.63) is 33.4 Å². The molecule has 1 aliphatic heterocycles. The van der Waals surface area contributed by atoms with Gasteiger partial charge >= 0.3 is 75.2 Å². The maximum atomic E-state index is 11.0. The third-order valence-corrected chi connectivity index (χ3v) is 5.46. The SMILES string of the molecule is O=C1OI(Cl)c2ccccc21. The molecule has 0 amide bonds. The van der Waals surface area contributed by atoms with Crippen LogP contribution >= 0.6 is 28.0 Å². The summed E-state index contributed by atoms with van der Waals surface area (Å²) < 4.78 is 5.83. The first kappa shape index (κ1) is 7.36. The number of carbonyl (C=O) groups excluding carboxylic acids is 1. The summed E-state index contributed by atoms with van der Waals surface area (Å²) in [5, 5.41) is 0. The number of halogens is 2. The maximum absolute atomic E-state index is 11.0. The van der Waals surface area contributed by atoms with Crippen LogP contribution in [0.15, 0.2) is 24.3 Å². The van der Waals surface area contributed by atoms with E-state index in [0.717, 1.165) is 3.57 Å². The number of rotatable bonds is 0. The summed E-state index contributed by atoms with van der Waals surface area (Å²) in [5.41, 5.74) is 0.646. The molecule has 2 rings (SSSR count). The standard InChI is InChI=1S/C7H4ClIO2/c8-9-6-4-2-1-3-5(6)7(10)11-9/h1-4H. The molecule has 0 radical (unpaired) electrons. The van der Waals surface area contributed by atoms with Gasteiger partial charge in [0.25, 0.3) is 0 Å². The zero-order valence-corrected chi connectivity index (χ0v) is 8.30. The minimum atomic E-state index is -2.05. The Kier molecular flexibility index (Phi) is 1.77. The van der Waals surface area contributed by atoms with Crippen LogP contribution in [0.2, 0.25) is 0 Å². The Morgan fingerprint density at radius 1 is 1.36 bits per heavy atom. The van der Waals surface area contributed by atoms with Gasteiger partial charge in [-0.1, -0.05) is 0 Å². The van der Waals surface area contributed by atoms with Crippen molar-refractivity contribution in [1.82, 2.24) is 0 Å². The van der Waals surface area contributed by atoms with Crippen LogP contribution in [0.1, 0.15) is 10.4 Å². The van der Waals surface area contributed by atoms with Crippen LogP contribution in [0, 0.1) is 3.57 Å². The molecular weight excluding hydrogens is 278 g/mol. The molecule has 0 bridgehead atoms. The third kappa shape index (κ3) is 1.12. The molecule has 0 spiro atoms. The number of hydrogen-bond acceptors (Lipinski definition) is 2. The van der Waals surface area contributed by atoms with Crippen LogP contribution in [-0.2, 0) is 3.07 Å². The van der Waals surface area contributed by atoms with Crippen LogP contribution in [-0.4, -0.2) is 5.97 Å². The number of fused-ring (bicyclic) bond motifs is 1. The van der Waals surface area contributed by atoms with E-state index in [1.807, 2.05) is 18.2 Å². The molecule has 58 valence electrons. The van der Waals surface area contributed by atoms with Crippen LogP contribution in [0.3, 0.4) is 0 Å². The molecule has 1 aromatic carbocycles. The van der Waals surface area contributed by atoms with Gasteiger partial charge in [-0.25, -0.2) is 0 Å². The van der Waals surface area contributed by atoms with E-state index in [1.54, 1.807) is 6.07 Å². The Morgan fingerprint density at radius 2 is 2.09 bits per heavy atom. The second-order valence-electron chi connectivity index (χ2n) is 2.05. The van der Waals surface area contributed by atoms with Crippen molar-refractivity contribution in [2.24, 2.45) is 0 Å². The van der Waals surface area contributed by atoms with Crippen molar-refractivity contribution in [3.8, 4) is 0 Å². The van der Waals surface area contributed by atoms with Gasteiger partial charge in [-0.2, -0.15) is 0 Å². The molecule has 11 heavy (non-hydrogen) atoms. The molecule has 0 atom stereocenters. The van der Waals surface area contributed by atoms with Gasteiger partial charge in [-0.15, -0.1) is 0 Å². The Hall–Kier alpha value is -0.290. The Morgan fingerprint density at radius 3 is 2.82 bits per heavy atom. The summed E-state index contributed by atoms with van der Waals surface area (Å²) in [6, 6.07) is 7.29. The minimum absolute atomic E-state index is 0.263. The van der Waals surface area contributed by atoms with Gasteiger partial charge in [0, 0.05) is 0 Å². The van der Waals surface area contributed by atoms with Gasteiger partial charge in [-0.05, 0) is 0 Å². The fourth-order valence-corrected chi connectivity index (χ4v) is 4.26. The molecule has 4 heteroatoms. The topological polar surface area (TPSA) is 26.3 Å². The second-order valence-corrected chi connectivity index (χ2v) is 6.58. The van der Waals surface area contributed by atoms with Gasteiger partial charge in [-0.3, -0.25) is 0 Å². The van der Waals surface area contributed by atoms with Gasteiger partial charge < -0.3 is 0 Å². The third-order valence-electron chi connectivity index (χ3n) is 1.39. The Labute approximate surface area is 75.1 Å². The molecule has 1 aromatic rings. The molecule has 0 saturated carbocycles. The van der Waals surface area contributed by atoms with Crippen LogP contribution < -0.4 is 0 Å². The predicted octanol–water partition coefficient (Wildman–Crippen LogP) is 2.60. The Bertz CT molecular complexity index is 313. The number of hydrogen-bond donors (Lipinski definition) is 0. The van der Waals surface area contributed by atoms with Gasteiger partial charge in [0.2, 0.25) is 0 Å². The van der Waals surface area contributed by atoms with Crippen LogP contribution in [0.5, 0.6) is 0 Å². The van der Waals surface area contributed by atoms with Crippen molar-refractivity contribution < 1.29 is 7.86 Å². The molecule has 0 N–H and O–H groups in total. The van der Waals surface area contributed by atoms with E-state index in [-0.39, 0.29) is 5.97 Å². The zero-order chi connectivity index (χ0) is 7.84. The van der Waals surface area contributed by atoms with Crippen LogP contribution in [0.4, 0.5) is 0 Å². The monoisotopic (exact) mass is 282 g/mol. The number of carbonyl (C=O) groups is 1. The molecule has 2 nitrogen and oxygen atoms in total.